The Kier molecular flexibility index (Phi) is 8.98. The molecule has 120 valence electrons. The molecule has 0 aromatic carbocycles. The average Bonchev–Trinajstić information content (AvgIpc) is 2.39. The number of aliphatic imine (C=N–C) groups is 1. The first-order valence-electron chi connectivity index (χ1n) is 7.39. The molecule has 0 aromatic rings. The molecule has 0 amide bonds. The lowest BCUT2D eigenvalue weighted by Gasteiger charge is -2.07. The molecule has 1 nitrogen and oxygen atoms in total. The Balaban J connectivity index is 5.46. The molecule has 0 N–H and O–H groups in total. The fourth-order valence-electron chi connectivity index (χ4n) is 1.64. The van der Waals surface area contributed by atoms with Crippen molar-refractivity contribution in [1.82, 2.24) is 0 Å². The highest BCUT2D eigenvalue weighted by atomic mass is 19.4. The van der Waals surface area contributed by atoms with Crippen LogP contribution in [0.25, 0.3) is 0 Å². The van der Waals surface area contributed by atoms with Gasteiger partial charge in [-0.05, 0) is 45.3 Å². The maximum Gasteiger partial charge on any atom is 0.412 e. The molecule has 0 heterocycles. The quantitative estimate of drug-likeness (QED) is 0.382. The molecule has 0 fully saturated rings. The third kappa shape index (κ3) is 8.53. The molecule has 0 aromatic heterocycles. The molecular weight excluding hydrogens is 275 g/mol. The SMILES string of the molecule is CCC/C=C(C)/C(=C\C=C(/C)C(F)(F)F)N=C(C)CCC. The Morgan fingerprint density at radius 3 is 2.10 bits per heavy atom. The summed E-state index contributed by atoms with van der Waals surface area (Å²) >= 11 is 0. The van der Waals surface area contributed by atoms with E-state index in [0.29, 0.717) is 5.70 Å². The molecule has 0 aliphatic carbocycles. The number of alkyl halides is 3. The molecule has 0 rings (SSSR count). The predicted molar refractivity (Wildman–Crippen MR) is 84.6 cm³/mol. The van der Waals surface area contributed by atoms with Gasteiger partial charge < -0.3 is 0 Å². The summed E-state index contributed by atoms with van der Waals surface area (Å²) in [5, 5.41) is 0. The van der Waals surface area contributed by atoms with Gasteiger partial charge in [0.2, 0.25) is 0 Å². The van der Waals surface area contributed by atoms with Crippen LogP contribution < -0.4 is 0 Å². The maximum atomic E-state index is 12.5. The van der Waals surface area contributed by atoms with E-state index in [-0.39, 0.29) is 0 Å². The number of allylic oxidation sites excluding steroid dienone is 5. The standard InChI is InChI=1S/C17H26F3N/c1-6-8-10-13(3)16(21-15(5)9-7-2)12-11-14(4)17(18,19)20/h10-12H,6-9H2,1-5H3/b13-10+,14-11+,16-12+,21-15?. The summed E-state index contributed by atoms with van der Waals surface area (Å²) in [6.07, 6.45) is 4.01. The summed E-state index contributed by atoms with van der Waals surface area (Å²) < 4.78 is 37.6. The largest absolute Gasteiger partial charge is 0.412 e. The molecule has 0 saturated carbocycles. The maximum absolute atomic E-state index is 12.5. The minimum absolute atomic E-state index is 0.609. The van der Waals surface area contributed by atoms with Crippen molar-refractivity contribution in [2.45, 2.75) is 66.5 Å². The Labute approximate surface area is 126 Å². The Hall–Kier alpha value is -1.32. The first kappa shape index (κ1) is 19.7. The van der Waals surface area contributed by atoms with E-state index < -0.39 is 11.7 Å². The van der Waals surface area contributed by atoms with Gasteiger partial charge in [0.25, 0.3) is 0 Å². The fourth-order valence-corrected chi connectivity index (χ4v) is 1.64. The van der Waals surface area contributed by atoms with Gasteiger partial charge in [0, 0.05) is 11.3 Å². The van der Waals surface area contributed by atoms with Gasteiger partial charge in [-0.2, -0.15) is 13.2 Å². The van der Waals surface area contributed by atoms with Crippen molar-refractivity contribution in [3.8, 4) is 0 Å². The smallest absolute Gasteiger partial charge is 0.258 e. The van der Waals surface area contributed by atoms with Gasteiger partial charge in [0.1, 0.15) is 0 Å². The van der Waals surface area contributed by atoms with E-state index in [1.54, 1.807) is 0 Å². The average molecular weight is 301 g/mol. The normalized spacial score (nSPS) is 15.6. The van der Waals surface area contributed by atoms with Crippen LogP contribution in [-0.4, -0.2) is 11.9 Å². The fraction of sp³-hybridized carbons (Fsp3) is 0.588. The molecule has 0 atom stereocenters. The van der Waals surface area contributed by atoms with Crippen molar-refractivity contribution in [3.63, 3.8) is 0 Å². The molecule has 0 saturated heterocycles. The first-order valence-corrected chi connectivity index (χ1v) is 7.39. The number of nitrogens with zero attached hydrogens (tertiary/aromatic N) is 1. The van der Waals surface area contributed by atoms with Crippen molar-refractivity contribution >= 4 is 5.71 Å². The molecule has 0 bridgehead atoms. The summed E-state index contributed by atoms with van der Waals surface area (Å²) in [6.45, 7) is 8.98. The van der Waals surface area contributed by atoms with Crippen LogP contribution in [0.15, 0.2) is 40.1 Å². The molecule has 0 spiro atoms. The molecule has 0 aliphatic rings. The lowest BCUT2D eigenvalue weighted by atomic mass is 10.1. The summed E-state index contributed by atoms with van der Waals surface area (Å²) in [4.78, 5) is 4.47. The number of hydrogen-bond acceptors (Lipinski definition) is 1. The van der Waals surface area contributed by atoms with Gasteiger partial charge >= 0.3 is 6.18 Å². The third-order valence-corrected chi connectivity index (χ3v) is 3.00. The minimum Gasteiger partial charge on any atom is -0.258 e. The van der Waals surface area contributed by atoms with Crippen molar-refractivity contribution < 1.29 is 13.2 Å². The van der Waals surface area contributed by atoms with Crippen molar-refractivity contribution in [3.05, 3.63) is 35.1 Å². The Bertz CT molecular complexity index is 437. The molecule has 21 heavy (non-hydrogen) atoms. The number of hydrogen-bond donors (Lipinski definition) is 0. The van der Waals surface area contributed by atoms with Crippen LogP contribution in [0.2, 0.25) is 0 Å². The van der Waals surface area contributed by atoms with E-state index in [4.69, 9.17) is 0 Å². The van der Waals surface area contributed by atoms with Crippen molar-refractivity contribution in [2.75, 3.05) is 0 Å². The Morgan fingerprint density at radius 1 is 1.00 bits per heavy atom. The highest BCUT2D eigenvalue weighted by Gasteiger charge is 2.29. The van der Waals surface area contributed by atoms with Gasteiger partial charge in [-0.25, -0.2) is 0 Å². The molecule has 4 heteroatoms. The highest BCUT2D eigenvalue weighted by molar-refractivity contribution is 5.83. The van der Waals surface area contributed by atoms with E-state index in [0.717, 1.165) is 50.0 Å². The second kappa shape index (κ2) is 9.59. The second-order valence-electron chi connectivity index (χ2n) is 5.17. The minimum atomic E-state index is -4.29. The lowest BCUT2D eigenvalue weighted by Crippen LogP contribution is -2.08. The number of halogens is 3. The summed E-state index contributed by atoms with van der Waals surface area (Å²) in [5.74, 6) is 0. The van der Waals surface area contributed by atoms with E-state index in [9.17, 15) is 13.2 Å². The second-order valence-corrected chi connectivity index (χ2v) is 5.17. The van der Waals surface area contributed by atoms with Crippen molar-refractivity contribution in [1.29, 1.82) is 0 Å². The van der Waals surface area contributed by atoms with Crippen LogP contribution >= 0.6 is 0 Å². The molecule has 0 unspecified atom stereocenters. The zero-order valence-corrected chi connectivity index (χ0v) is 13.6. The van der Waals surface area contributed by atoms with Crippen LogP contribution in [0, 0.1) is 0 Å². The zero-order valence-electron chi connectivity index (χ0n) is 13.6. The summed E-state index contributed by atoms with van der Waals surface area (Å²) in [7, 11) is 0. The molecular formula is C17H26F3N. The van der Waals surface area contributed by atoms with Gasteiger partial charge in [-0.1, -0.05) is 38.8 Å². The van der Waals surface area contributed by atoms with E-state index in [2.05, 4.69) is 18.8 Å². The van der Waals surface area contributed by atoms with Crippen LogP contribution in [0.3, 0.4) is 0 Å². The highest BCUT2D eigenvalue weighted by Crippen LogP contribution is 2.25. The van der Waals surface area contributed by atoms with Crippen molar-refractivity contribution in [2.24, 2.45) is 4.99 Å². The van der Waals surface area contributed by atoms with Gasteiger partial charge in [-0.3, -0.25) is 4.99 Å². The topological polar surface area (TPSA) is 12.4 Å². The predicted octanol–water partition coefficient (Wildman–Crippen LogP) is 6.39. The number of unbranched alkanes of at least 4 members (excludes halogenated alkanes) is 1. The van der Waals surface area contributed by atoms with Crippen LogP contribution in [0.5, 0.6) is 0 Å². The van der Waals surface area contributed by atoms with Gasteiger partial charge in [0.05, 0.1) is 5.70 Å². The summed E-state index contributed by atoms with van der Waals surface area (Å²) in [5.41, 5.74) is 1.84. The molecule has 0 aliphatic heterocycles. The first-order chi connectivity index (χ1) is 9.72. The number of rotatable bonds is 7. The van der Waals surface area contributed by atoms with E-state index >= 15 is 0 Å². The van der Waals surface area contributed by atoms with Crippen LogP contribution in [-0.2, 0) is 0 Å². The zero-order chi connectivity index (χ0) is 16.5. The monoisotopic (exact) mass is 301 g/mol. The summed E-state index contributed by atoms with van der Waals surface area (Å²) in [6, 6.07) is 0. The molecule has 0 radical (unpaired) electrons. The third-order valence-electron chi connectivity index (χ3n) is 3.00. The van der Waals surface area contributed by atoms with Gasteiger partial charge in [-0.15, -0.1) is 0 Å². The Morgan fingerprint density at radius 2 is 1.62 bits per heavy atom. The van der Waals surface area contributed by atoms with E-state index in [1.165, 1.54) is 6.08 Å². The van der Waals surface area contributed by atoms with Crippen LogP contribution in [0.1, 0.15) is 60.3 Å². The lowest BCUT2D eigenvalue weighted by molar-refractivity contribution is -0.0912. The van der Waals surface area contributed by atoms with E-state index in [1.807, 2.05) is 19.9 Å². The van der Waals surface area contributed by atoms with Gasteiger partial charge in [0.15, 0.2) is 0 Å². The van der Waals surface area contributed by atoms with Crippen LogP contribution in [0.4, 0.5) is 13.2 Å².